The Kier molecular flexibility index (Phi) is 8.68. The fourth-order valence-electron chi connectivity index (χ4n) is 3.40. The number of hydrogen-bond donors (Lipinski definition) is 2. The van der Waals surface area contributed by atoms with Crippen LogP contribution in [0.1, 0.15) is 65.0 Å². The summed E-state index contributed by atoms with van der Waals surface area (Å²) in [7, 11) is -6.48. The first-order chi connectivity index (χ1) is 13.9. The number of allylic oxidation sites excluding steroid dienone is 2. The van der Waals surface area contributed by atoms with Gasteiger partial charge >= 0.3 is 0 Å². The Morgan fingerprint density at radius 2 is 1.47 bits per heavy atom. The molecule has 0 heterocycles. The van der Waals surface area contributed by atoms with Crippen LogP contribution in [0.5, 0.6) is 0 Å². The fraction of sp³-hybridized carbons (Fsp3) is 0.636. The summed E-state index contributed by atoms with van der Waals surface area (Å²) in [5, 5.41) is -0.855. The highest BCUT2D eigenvalue weighted by molar-refractivity contribution is 7.90. The monoisotopic (exact) mass is 456 g/mol. The van der Waals surface area contributed by atoms with Crippen molar-refractivity contribution in [3.8, 4) is 0 Å². The zero-order chi connectivity index (χ0) is 22.5. The van der Waals surface area contributed by atoms with E-state index in [1.54, 1.807) is 27.7 Å². The Labute approximate surface area is 182 Å². The van der Waals surface area contributed by atoms with Crippen molar-refractivity contribution >= 4 is 25.6 Å². The van der Waals surface area contributed by atoms with Crippen molar-refractivity contribution in [3.05, 3.63) is 41.5 Å². The molecule has 2 unspecified atom stereocenters. The van der Waals surface area contributed by atoms with Crippen LogP contribution in [0.2, 0.25) is 0 Å². The Morgan fingerprint density at radius 3 is 1.97 bits per heavy atom. The summed E-state index contributed by atoms with van der Waals surface area (Å²) in [5.74, 6) is 0.751. The molecule has 2 atom stereocenters. The van der Waals surface area contributed by atoms with Crippen LogP contribution in [0.15, 0.2) is 30.3 Å². The maximum Gasteiger partial charge on any atom is 0.214 e. The van der Waals surface area contributed by atoms with Crippen LogP contribution in [0, 0.1) is 11.8 Å². The SMILES string of the molecule is CC(CNS(=O)(=O)C(C)C)C1CC=C(c2ccc(CNS(=O)(=O)C(C)C)cc2)CC1. The maximum absolute atomic E-state index is 12.0. The third-order valence-corrected chi connectivity index (χ3v) is 9.50. The van der Waals surface area contributed by atoms with Gasteiger partial charge in [0.2, 0.25) is 20.0 Å². The van der Waals surface area contributed by atoms with Gasteiger partial charge in [0.15, 0.2) is 0 Å². The maximum atomic E-state index is 12.0. The molecule has 1 aromatic carbocycles. The van der Waals surface area contributed by atoms with Crippen molar-refractivity contribution in [2.75, 3.05) is 6.54 Å². The predicted molar refractivity (Wildman–Crippen MR) is 124 cm³/mol. The average Bonchev–Trinajstić information content (AvgIpc) is 2.71. The van der Waals surface area contributed by atoms with Gasteiger partial charge in [0, 0.05) is 13.1 Å². The van der Waals surface area contributed by atoms with Crippen LogP contribution < -0.4 is 9.44 Å². The van der Waals surface area contributed by atoms with Gasteiger partial charge in [-0.3, -0.25) is 0 Å². The molecule has 1 aromatic rings. The van der Waals surface area contributed by atoms with E-state index in [4.69, 9.17) is 0 Å². The summed E-state index contributed by atoms with van der Waals surface area (Å²) in [6.45, 7) is 9.59. The van der Waals surface area contributed by atoms with Crippen molar-refractivity contribution in [1.29, 1.82) is 0 Å². The van der Waals surface area contributed by atoms with Crippen LogP contribution in [0.3, 0.4) is 0 Å². The van der Waals surface area contributed by atoms with E-state index in [0.717, 1.165) is 30.4 Å². The summed E-state index contributed by atoms with van der Waals surface area (Å²) in [4.78, 5) is 0. The number of benzene rings is 1. The third-order valence-electron chi connectivity index (χ3n) is 5.91. The quantitative estimate of drug-likeness (QED) is 0.562. The van der Waals surface area contributed by atoms with Gasteiger partial charge in [-0.25, -0.2) is 26.3 Å². The molecule has 0 bridgehead atoms. The van der Waals surface area contributed by atoms with E-state index in [1.165, 1.54) is 5.57 Å². The molecule has 1 aliphatic rings. The molecule has 0 amide bonds. The lowest BCUT2D eigenvalue weighted by atomic mass is 9.80. The lowest BCUT2D eigenvalue weighted by molar-refractivity contribution is 0.334. The largest absolute Gasteiger partial charge is 0.215 e. The Balaban J connectivity index is 1.91. The summed E-state index contributed by atoms with van der Waals surface area (Å²) in [6, 6.07) is 8.03. The summed E-state index contributed by atoms with van der Waals surface area (Å²) < 4.78 is 53.0. The van der Waals surface area contributed by atoms with E-state index < -0.39 is 30.5 Å². The second-order valence-corrected chi connectivity index (χ2v) is 13.4. The molecule has 2 rings (SSSR count). The highest BCUT2D eigenvalue weighted by Gasteiger charge is 2.23. The molecule has 170 valence electrons. The molecule has 0 aliphatic heterocycles. The van der Waals surface area contributed by atoms with E-state index in [9.17, 15) is 16.8 Å². The van der Waals surface area contributed by atoms with Crippen molar-refractivity contribution < 1.29 is 16.8 Å². The van der Waals surface area contributed by atoms with Crippen LogP contribution >= 0.6 is 0 Å². The Bertz CT molecular complexity index is 934. The lowest BCUT2D eigenvalue weighted by Crippen LogP contribution is -2.36. The molecule has 0 radical (unpaired) electrons. The molecule has 8 heteroatoms. The Morgan fingerprint density at radius 1 is 0.900 bits per heavy atom. The number of sulfonamides is 2. The van der Waals surface area contributed by atoms with Gasteiger partial charge in [-0.2, -0.15) is 0 Å². The first-order valence-corrected chi connectivity index (χ1v) is 13.8. The molecule has 0 saturated carbocycles. The predicted octanol–water partition coefficient (Wildman–Crippen LogP) is 3.66. The van der Waals surface area contributed by atoms with Crippen LogP contribution in [0.25, 0.3) is 5.57 Å². The smallest absolute Gasteiger partial charge is 0.214 e. The van der Waals surface area contributed by atoms with Gasteiger partial charge in [-0.15, -0.1) is 0 Å². The second kappa shape index (κ2) is 10.4. The van der Waals surface area contributed by atoms with E-state index in [1.807, 2.05) is 24.3 Å². The topological polar surface area (TPSA) is 92.3 Å². The molecular formula is C22H36N2O4S2. The zero-order valence-electron chi connectivity index (χ0n) is 18.7. The van der Waals surface area contributed by atoms with Crippen molar-refractivity contribution in [2.45, 2.75) is 70.9 Å². The molecule has 1 aliphatic carbocycles. The summed E-state index contributed by atoms with van der Waals surface area (Å²) in [5.41, 5.74) is 3.40. The van der Waals surface area contributed by atoms with Crippen LogP contribution in [0.4, 0.5) is 0 Å². The van der Waals surface area contributed by atoms with Gasteiger partial charge in [0.05, 0.1) is 10.5 Å². The normalized spacial score (nSPS) is 19.2. The first-order valence-electron chi connectivity index (χ1n) is 10.7. The Hall–Kier alpha value is -1.22. The minimum Gasteiger partial charge on any atom is -0.215 e. The molecule has 0 saturated heterocycles. The molecule has 0 spiro atoms. The zero-order valence-corrected chi connectivity index (χ0v) is 20.3. The average molecular weight is 457 g/mol. The van der Waals surface area contributed by atoms with E-state index in [-0.39, 0.29) is 5.92 Å². The fourth-order valence-corrected chi connectivity index (χ4v) is 4.93. The standard InChI is InChI=1S/C22H36N2O4S2/c1-16(2)29(25,26)23-14-18(5)20-10-12-22(13-11-20)21-8-6-19(7-9-21)15-24-30(27,28)17(3)4/h6-9,12,16-18,20,23-24H,10-11,13-15H2,1-5H3. The minimum absolute atomic E-state index is 0.285. The van der Waals surface area contributed by atoms with E-state index >= 15 is 0 Å². The van der Waals surface area contributed by atoms with Crippen molar-refractivity contribution in [2.24, 2.45) is 11.8 Å². The number of rotatable bonds is 10. The third kappa shape index (κ3) is 6.90. The van der Waals surface area contributed by atoms with E-state index in [0.29, 0.717) is 19.0 Å². The molecule has 30 heavy (non-hydrogen) atoms. The van der Waals surface area contributed by atoms with Crippen molar-refractivity contribution in [3.63, 3.8) is 0 Å². The van der Waals surface area contributed by atoms with Gasteiger partial charge in [0.25, 0.3) is 0 Å². The molecular weight excluding hydrogens is 420 g/mol. The highest BCUT2D eigenvalue weighted by Crippen LogP contribution is 2.34. The summed E-state index contributed by atoms with van der Waals surface area (Å²) in [6.07, 6.45) is 5.20. The number of hydrogen-bond acceptors (Lipinski definition) is 4. The minimum atomic E-state index is -3.26. The van der Waals surface area contributed by atoms with Gasteiger partial charge < -0.3 is 0 Å². The number of nitrogens with one attached hydrogen (secondary N) is 2. The van der Waals surface area contributed by atoms with Gasteiger partial charge in [-0.05, 0) is 75.5 Å². The van der Waals surface area contributed by atoms with Crippen LogP contribution in [-0.4, -0.2) is 33.9 Å². The molecule has 0 aromatic heterocycles. The summed E-state index contributed by atoms with van der Waals surface area (Å²) >= 11 is 0. The van der Waals surface area contributed by atoms with Crippen molar-refractivity contribution in [1.82, 2.24) is 9.44 Å². The second-order valence-electron chi connectivity index (χ2n) is 8.80. The van der Waals surface area contributed by atoms with Gasteiger partial charge in [-0.1, -0.05) is 37.3 Å². The van der Waals surface area contributed by atoms with E-state index in [2.05, 4.69) is 22.4 Å². The van der Waals surface area contributed by atoms with Crippen LogP contribution in [-0.2, 0) is 26.6 Å². The molecule has 2 N–H and O–H groups in total. The highest BCUT2D eigenvalue weighted by atomic mass is 32.2. The van der Waals surface area contributed by atoms with Gasteiger partial charge in [0.1, 0.15) is 0 Å². The molecule has 6 nitrogen and oxygen atoms in total. The first kappa shape index (κ1) is 25.0. The lowest BCUT2D eigenvalue weighted by Gasteiger charge is -2.28. The molecule has 0 fully saturated rings.